The SMILES string of the molecule is CC(C)c1sc(N2CCN(C)CC2)nc1C(=O)Nc1cnccc1Cl. The standard InChI is InChI=1S/C17H22ClN5OS/c1-11(2)15-14(16(24)20-13-10-19-5-4-12(13)18)21-17(25-15)23-8-6-22(3)7-9-23/h4-5,10-11H,6-9H2,1-3H3,(H,20,24). The van der Waals surface area contributed by atoms with Gasteiger partial charge in [-0.3, -0.25) is 9.78 Å². The number of hydrogen-bond acceptors (Lipinski definition) is 6. The van der Waals surface area contributed by atoms with Gasteiger partial charge in [0.1, 0.15) is 5.69 Å². The Bertz CT molecular complexity index is 755. The molecule has 134 valence electrons. The highest BCUT2D eigenvalue weighted by Crippen LogP contribution is 2.33. The number of pyridine rings is 1. The molecule has 0 atom stereocenters. The number of hydrogen-bond donors (Lipinski definition) is 1. The topological polar surface area (TPSA) is 61.4 Å². The molecule has 1 fully saturated rings. The van der Waals surface area contributed by atoms with Crippen LogP contribution < -0.4 is 10.2 Å². The normalized spacial score (nSPS) is 15.6. The van der Waals surface area contributed by atoms with Crippen LogP contribution in [0.4, 0.5) is 10.8 Å². The van der Waals surface area contributed by atoms with Gasteiger partial charge in [0.25, 0.3) is 5.91 Å². The van der Waals surface area contributed by atoms with E-state index in [2.05, 4.69) is 46.0 Å². The van der Waals surface area contributed by atoms with Crippen molar-refractivity contribution in [2.24, 2.45) is 0 Å². The Morgan fingerprint density at radius 2 is 2.04 bits per heavy atom. The van der Waals surface area contributed by atoms with Crippen molar-refractivity contribution < 1.29 is 4.79 Å². The Morgan fingerprint density at radius 1 is 1.32 bits per heavy atom. The van der Waals surface area contributed by atoms with Gasteiger partial charge in [-0.15, -0.1) is 11.3 Å². The molecular formula is C17H22ClN5OS. The van der Waals surface area contributed by atoms with Crippen LogP contribution in [0.5, 0.6) is 0 Å². The van der Waals surface area contributed by atoms with Gasteiger partial charge in [0.15, 0.2) is 5.13 Å². The molecule has 1 amide bonds. The van der Waals surface area contributed by atoms with Crippen molar-refractivity contribution in [3.8, 4) is 0 Å². The second-order valence-electron chi connectivity index (χ2n) is 6.46. The summed E-state index contributed by atoms with van der Waals surface area (Å²) in [5, 5.41) is 4.21. The van der Waals surface area contributed by atoms with Crippen LogP contribution in [0, 0.1) is 0 Å². The van der Waals surface area contributed by atoms with Crippen LogP contribution in [0.1, 0.15) is 35.1 Å². The molecule has 6 nitrogen and oxygen atoms in total. The summed E-state index contributed by atoms with van der Waals surface area (Å²) in [6.07, 6.45) is 3.13. The second-order valence-corrected chi connectivity index (χ2v) is 7.88. The van der Waals surface area contributed by atoms with Crippen molar-refractivity contribution in [2.45, 2.75) is 19.8 Å². The molecule has 0 spiro atoms. The molecule has 25 heavy (non-hydrogen) atoms. The molecule has 0 radical (unpaired) electrons. The first kappa shape index (κ1) is 18.1. The molecule has 3 rings (SSSR count). The van der Waals surface area contributed by atoms with Crippen LogP contribution in [0.2, 0.25) is 5.02 Å². The summed E-state index contributed by atoms with van der Waals surface area (Å²) in [5.41, 5.74) is 0.979. The van der Waals surface area contributed by atoms with Crippen molar-refractivity contribution in [3.05, 3.63) is 34.1 Å². The molecule has 3 heterocycles. The van der Waals surface area contributed by atoms with Crippen molar-refractivity contribution in [2.75, 3.05) is 43.4 Å². The fraction of sp³-hybridized carbons (Fsp3) is 0.471. The molecule has 0 aliphatic carbocycles. The van der Waals surface area contributed by atoms with Gasteiger partial charge in [-0.05, 0) is 19.0 Å². The summed E-state index contributed by atoms with van der Waals surface area (Å²) in [6, 6.07) is 1.65. The first-order valence-electron chi connectivity index (χ1n) is 8.30. The van der Waals surface area contributed by atoms with Gasteiger partial charge in [-0.2, -0.15) is 0 Å². The molecule has 1 aliphatic heterocycles. The number of rotatable bonds is 4. The van der Waals surface area contributed by atoms with Gasteiger partial charge in [0, 0.05) is 37.3 Å². The van der Waals surface area contributed by atoms with Crippen molar-refractivity contribution >= 4 is 39.7 Å². The lowest BCUT2D eigenvalue weighted by Gasteiger charge is -2.32. The maximum Gasteiger partial charge on any atom is 0.275 e. The predicted octanol–water partition coefficient (Wildman–Crippen LogP) is 3.32. The number of aromatic nitrogens is 2. The summed E-state index contributed by atoms with van der Waals surface area (Å²) < 4.78 is 0. The number of amides is 1. The molecule has 0 bridgehead atoms. The summed E-state index contributed by atoms with van der Waals surface area (Å²) in [4.78, 5) is 27.0. The molecule has 1 N–H and O–H groups in total. The van der Waals surface area contributed by atoms with E-state index in [0.29, 0.717) is 16.4 Å². The third-order valence-electron chi connectivity index (χ3n) is 4.17. The van der Waals surface area contributed by atoms with Crippen LogP contribution in [0.15, 0.2) is 18.5 Å². The van der Waals surface area contributed by atoms with Gasteiger partial charge in [-0.25, -0.2) is 4.98 Å². The zero-order valence-electron chi connectivity index (χ0n) is 14.6. The van der Waals surface area contributed by atoms with Gasteiger partial charge in [-0.1, -0.05) is 25.4 Å². The fourth-order valence-electron chi connectivity index (χ4n) is 2.66. The van der Waals surface area contributed by atoms with Crippen LogP contribution in [0.25, 0.3) is 0 Å². The molecule has 2 aromatic rings. The lowest BCUT2D eigenvalue weighted by Crippen LogP contribution is -2.44. The Kier molecular flexibility index (Phi) is 5.56. The molecule has 1 saturated heterocycles. The van der Waals surface area contributed by atoms with Crippen molar-refractivity contribution in [1.29, 1.82) is 0 Å². The first-order chi connectivity index (χ1) is 12.0. The molecule has 0 saturated carbocycles. The van der Waals surface area contributed by atoms with E-state index in [1.54, 1.807) is 29.8 Å². The monoisotopic (exact) mass is 379 g/mol. The smallest absolute Gasteiger partial charge is 0.275 e. The first-order valence-corrected chi connectivity index (χ1v) is 9.50. The maximum atomic E-state index is 12.8. The second kappa shape index (κ2) is 7.68. The minimum atomic E-state index is -0.241. The van der Waals surface area contributed by atoms with E-state index in [4.69, 9.17) is 11.6 Å². The minimum absolute atomic E-state index is 0.226. The minimum Gasteiger partial charge on any atom is -0.346 e. The Balaban J connectivity index is 1.84. The Labute approximate surface area is 156 Å². The van der Waals surface area contributed by atoms with Crippen molar-refractivity contribution in [3.63, 3.8) is 0 Å². The zero-order valence-corrected chi connectivity index (χ0v) is 16.2. The van der Waals surface area contributed by atoms with Crippen LogP contribution in [-0.2, 0) is 0 Å². The average Bonchev–Trinajstić information content (AvgIpc) is 3.03. The maximum absolute atomic E-state index is 12.8. The summed E-state index contributed by atoms with van der Waals surface area (Å²) >= 11 is 7.72. The lowest BCUT2D eigenvalue weighted by atomic mass is 10.1. The lowest BCUT2D eigenvalue weighted by molar-refractivity contribution is 0.102. The van der Waals surface area contributed by atoms with Gasteiger partial charge in [0.2, 0.25) is 0 Å². The van der Waals surface area contributed by atoms with Crippen LogP contribution >= 0.6 is 22.9 Å². The molecule has 0 unspecified atom stereocenters. The van der Waals surface area contributed by atoms with Gasteiger partial charge in [0.05, 0.1) is 16.9 Å². The van der Waals surface area contributed by atoms with Crippen molar-refractivity contribution in [1.82, 2.24) is 14.9 Å². The summed E-state index contributed by atoms with van der Waals surface area (Å²) in [5.74, 6) is -0.0148. The number of carbonyl (C=O) groups is 1. The molecular weight excluding hydrogens is 358 g/mol. The van der Waals surface area contributed by atoms with E-state index in [9.17, 15) is 4.79 Å². The zero-order chi connectivity index (χ0) is 18.0. The third-order valence-corrected chi connectivity index (χ3v) is 5.92. The van der Waals surface area contributed by atoms with Crippen LogP contribution in [-0.4, -0.2) is 54.0 Å². The quantitative estimate of drug-likeness (QED) is 0.882. The average molecular weight is 380 g/mol. The third kappa shape index (κ3) is 4.11. The van der Waals surface area contributed by atoms with E-state index in [1.165, 1.54) is 0 Å². The number of carbonyl (C=O) groups excluding carboxylic acids is 1. The van der Waals surface area contributed by atoms with Gasteiger partial charge >= 0.3 is 0 Å². The number of anilines is 2. The number of halogens is 1. The fourth-order valence-corrected chi connectivity index (χ4v) is 3.93. The summed E-state index contributed by atoms with van der Waals surface area (Å²) in [7, 11) is 2.12. The number of likely N-dealkylation sites (N-methyl/N-ethyl adjacent to an activating group) is 1. The molecule has 1 aliphatic rings. The van der Waals surface area contributed by atoms with E-state index in [0.717, 1.165) is 36.2 Å². The number of piperazine rings is 1. The van der Waals surface area contributed by atoms with E-state index in [1.807, 2.05) is 0 Å². The highest BCUT2D eigenvalue weighted by Gasteiger charge is 2.25. The summed E-state index contributed by atoms with van der Waals surface area (Å²) in [6.45, 7) is 8.02. The highest BCUT2D eigenvalue weighted by atomic mass is 35.5. The number of nitrogens with zero attached hydrogens (tertiary/aromatic N) is 4. The van der Waals surface area contributed by atoms with Crippen LogP contribution in [0.3, 0.4) is 0 Å². The Hall–Kier alpha value is -1.70. The number of thiazole rings is 1. The van der Waals surface area contributed by atoms with Gasteiger partial charge < -0.3 is 15.1 Å². The highest BCUT2D eigenvalue weighted by molar-refractivity contribution is 7.16. The van der Waals surface area contributed by atoms with E-state index < -0.39 is 0 Å². The number of nitrogens with one attached hydrogen (secondary N) is 1. The molecule has 8 heteroatoms. The molecule has 0 aromatic carbocycles. The largest absolute Gasteiger partial charge is 0.346 e. The van der Waals surface area contributed by atoms with E-state index in [-0.39, 0.29) is 11.8 Å². The Morgan fingerprint density at radius 3 is 2.68 bits per heavy atom. The predicted molar refractivity (Wildman–Crippen MR) is 103 cm³/mol. The van der Waals surface area contributed by atoms with E-state index >= 15 is 0 Å². The molecule has 2 aromatic heterocycles.